The summed E-state index contributed by atoms with van der Waals surface area (Å²) in [6.45, 7) is 11.7. The van der Waals surface area contributed by atoms with Gasteiger partial charge in [-0.15, -0.1) is 30.6 Å². The van der Waals surface area contributed by atoms with Gasteiger partial charge in [-0.25, -0.2) is 0 Å². The predicted molar refractivity (Wildman–Crippen MR) is 107 cm³/mol. The average Bonchev–Trinajstić information content (AvgIpc) is 2.48. The van der Waals surface area contributed by atoms with Gasteiger partial charge in [-0.1, -0.05) is 36.4 Å². The summed E-state index contributed by atoms with van der Waals surface area (Å²) >= 11 is 0. The molecule has 1 aromatic rings. The Balaban J connectivity index is 0.00000441. The Morgan fingerprint density at radius 3 is 2.45 bits per heavy atom. The first-order chi connectivity index (χ1) is 9.98. The second-order valence-electron chi connectivity index (χ2n) is 5.76. The van der Waals surface area contributed by atoms with Gasteiger partial charge in [0.15, 0.2) is 5.96 Å². The number of hydrogen-bond donors (Lipinski definition) is 3. The molecule has 0 heterocycles. The Morgan fingerprint density at radius 2 is 1.91 bits per heavy atom. The van der Waals surface area contributed by atoms with Crippen LogP contribution in [0.2, 0.25) is 0 Å². The standard InChI is InChI=1S/C17H28N4.HI/c1-6-12-19-16(18-5)20-13-17(3,4)21-14(2)15-10-8-7-9-11-15;/h6-11,14,21H,1,12-13H2,2-5H3,(H2,18,19,20);1H. The molecule has 1 unspecified atom stereocenters. The molecule has 0 saturated heterocycles. The molecule has 0 fully saturated rings. The van der Waals surface area contributed by atoms with Gasteiger partial charge in [0.05, 0.1) is 0 Å². The molecule has 0 amide bonds. The number of nitrogens with one attached hydrogen (secondary N) is 3. The molecule has 5 heteroatoms. The number of aliphatic imine (C=N–C) groups is 1. The van der Waals surface area contributed by atoms with Crippen LogP contribution >= 0.6 is 24.0 Å². The molecule has 0 saturated carbocycles. The van der Waals surface area contributed by atoms with Crippen LogP contribution in [0.25, 0.3) is 0 Å². The molecule has 4 nitrogen and oxygen atoms in total. The molecule has 1 rings (SSSR count). The van der Waals surface area contributed by atoms with Crippen LogP contribution in [0.15, 0.2) is 48.0 Å². The van der Waals surface area contributed by atoms with Gasteiger partial charge in [-0.05, 0) is 26.3 Å². The highest BCUT2D eigenvalue weighted by Crippen LogP contribution is 2.15. The fraction of sp³-hybridized carbons (Fsp3) is 0.471. The highest BCUT2D eigenvalue weighted by Gasteiger charge is 2.20. The SMILES string of the molecule is C=CCNC(=NC)NCC(C)(C)NC(C)c1ccccc1.I. The van der Waals surface area contributed by atoms with Crippen molar-refractivity contribution in [2.45, 2.75) is 32.4 Å². The molecule has 0 spiro atoms. The molecule has 0 radical (unpaired) electrons. The highest BCUT2D eigenvalue weighted by atomic mass is 127. The monoisotopic (exact) mass is 416 g/mol. The molecule has 0 aliphatic rings. The van der Waals surface area contributed by atoms with E-state index in [1.165, 1.54) is 5.56 Å². The lowest BCUT2D eigenvalue weighted by Crippen LogP contribution is -2.52. The van der Waals surface area contributed by atoms with E-state index in [1.54, 1.807) is 7.05 Å². The van der Waals surface area contributed by atoms with Gasteiger partial charge in [-0.3, -0.25) is 4.99 Å². The molecule has 1 atom stereocenters. The van der Waals surface area contributed by atoms with Gasteiger partial charge in [-0.2, -0.15) is 0 Å². The first kappa shape index (κ1) is 20.9. The summed E-state index contributed by atoms with van der Waals surface area (Å²) < 4.78 is 0. The predicted octanol–water partition coefficient (Wildman–Crippen LogP) is 3.08. The largest absolute Gasteiger partial charge is 0.355 e. The molecule has 22 heavy (non-hydrogen) atoms. The third-order valence-corrected chi connectivity index (χ3v) is 3.24. The van der Waals surface area contributed by atoms with Crippen molar-refractivity contribution < 1.29 is 0 Å². The zero-order valence-electron chi connectivity index (χ0n) is 14.0. The maximum absolute atomic E-state index is 4.18. The van der Waals surface area contributed by atoms with E-state index < -0.39 is 0 Å². The van der Waals surface area contributed by atoms with Crippen molar-refractivity contribution in [3.8, 4) is 0 Å². The number of guanidine groups is 1. The van der Waals surface area contributed by atoms with Gasteiger partial charge in [0, 0.05) is 31.7 Å². The molecular weight excluding hydrogens is 387 g/mol. The minimum atomic E-state index is -0.0545. The molecule has 124 valence electrons. The Bertz CT molecular complexity index is 457. The maximum Gasteiger partial charge on any atom is 0.191 e. The summed E-state index contributed by atoms with van der Waals surface area (Å²) in [5.41, 5.74) is 1.24. The van der Waals surface area contributed by atoms with Crippen LogP contribution in [0, 0.1) is 0 Å². The number of halogens is 1. The Hall–Kier alpha value is -1.08. The van der Waals surface area contributed by atoms with Crippen LogP contribution in [-0.4, -0.2) is 31.6 Å². The van der Waals surface area contributed by atoms with Crippen LogP contribution in [0.4, 0.5) is 0 Å². The normalized spacial score (nSPS) is 13.0. The number of rotatable bonds is 7. The van der Waals surface area contributed by atoms with E-state index in [1.807, 2.05) is 12.1 Å². The molecule has 0 aliphatic heterocycles. The van der Waals surface area contributed by atoms with Crippen LogP contribution in [0.1, 0.15) is 32.4 Å². The topological polar surface area (TPSA) is 48.5 Å². The quantitative estimate of drug-likeness (QED) is 0.277. The van der Waals surface area contributed by atoms with Gasteiger partial charge in [0.1, 0.15) is 0 Å². The van der Waals surface area contributed by atoms with Crippen LogP contribution in [0.5, 0.6) is 0 Å². The van der Waals surface area contributed by atoms with Crippen molar-refractivity contribution in [1.82, 2.24) is 16.0 Å². The van der Waals surface area contributed by atoms with Crippen molar-refractivity contribution in [2.24, 2.45) is 4.99 Å². The van der Waals surface area contributed by atoms with Crippen molar-refractivity contribution in [2.75, 3.05) is 20.1 Å². The van der Waals surface area contributed by atoms with E-state index in [0.717, 1.165) is 12.5 Å². The summed E-state index contributed by atoms with van der Waals surface area (Å²) in [5, 5.41) is 10.1. The number of hydrogen-bond acceptors (Lipinski definition) is 2. The second-order valence-corrected chi connectivity index (χ2v) is 5.76. The van der Waals surface area contributed by atoms with Gasteiger partial charge >= 0.3 is 0 Å². The minimum absolute atomic E-state index is 0. The first-order valence-corrected chi connectivity index (χ1v) is 7.36. The summed E-state index contributed by atoms with van der Waals surface area (Å²) in [4.78, 5) is 4.18. The van der Waals surface area contributed by atoms with Crippen molar-refractivity contribution >= 4 is 29.9 Å². The summed E-state index contributed by atoms with van der Waals surface area (Å²) in [7, 11) is 1.77. The Morgan fingerprint density at radius 1 is 1.27 bits per heavy atom. The zero-order chi connectivity index (χ0) is 15.7. The first-order valence-electron chi connectivity index (χ1n) is 7.36. The summed E-state index contributed by atoms with van der Waals surface area (Å²) in [6.07, 6.45) is 1.81. The fourth-order valence-corrected chi connectivity index (χ4v) is 2.16. The van der Waals surface area contributed by atoms with Gasteiger partial charge in [0.2, 0.25) is 0 Å². The van der Waals surface area contributed by atoms with E-state index in [4.69, 9.17) is 0 Å². The van der Waals surface area contributed by atoms with Crippen LogP contribution in [0.3, 0.4) is 0 Å². The van der Waals surface area contributed by atoms with E-state index in [-0.39, 0.29) is 29.5 Å². The molecule has 0 aliphatic carbocycles. The molecule has 3 N–H and O–H groups in total. The van der Waals surface area contributed by atoms with Crippen LogP contribution in [-0.2, 0) is 0 Å². The molecular formula is C17H29IN4. The van der Waals surface area contributed by atoms with Crippen molar-refractivity contribution in [3.05, 3.63) is 48.6 Å². The highest BCUT2D eigenvalue weighted by molar-refractivity contribution is 14.0. The zero-order valence-corrected chi connectivity index (χ0v) is 16.3. The summed E-state index contributed by atoms with van der Waals surface area (Å²) in [5.74, 6) is 0.789. The molecule has 0 bridgehead atoms. The third-order valence-electron chi connectivity index (χ3n) is 3.24. The minimum Gasteiger partial charge on any atom is -0.355 e. The third kappa shape index (κ3) is 7.79. The van der Waals surface area contributed by atoms with Crippen LogP contribution < -0.4 is 16.0 Å². The lowest BCUT2D eigenvalue weighted by molar-refractivity contribution is 0.345. The Labute approximate surface area is 151 Å². The molecule has 0 aromatic heterocycles. The lowest BCUT2D eigenvalue weighted by Gasteiger charge is -2.31. The summed E-state index contributed by atoms with van der Waals surface area (Å²) in [6, 6.07) is 10.8. The maximum atomic E-state index is 4.18. The van der Waals surface area contributed by atoms with E-state index in [2.05, 4.69) is 72.6 Å². The smallest absolute Gasteiger partial charge is 0.191 e. The molecule has 1 aromatic carbocycles. The van der Waals surface area contributed by atoms with Gasteiger partial charge in [0.25, 0.3) is 0 Å². The Kier molecular flexibility index (Phi) is 10.1. The van der Waals surface area contributed by atoms with E-state index in [9.17, 15) is 0 Å². The lowest BCUT2D eigenvalue weighted by atomic mass is 10.0. The van der Waals surface area contributed by atoms with E-state index in [0.29, 0.717) is 12.6 Å². The van der Waals surface area contributed by atoms with Crippen molar-refractivity contribution in [3.63, 3.8) is 0 Å². The fourth-order valence-electron chi connectivity index (χ4n) is 2.16. The van der Waals surface area contributed by atoms with Gasteiger partial charge < -0.3 is 16.0 Å². The van der Waals surface area contributed by atoms with Crippen molar-refractivity contribution in [1.29, 1.82) is 0 Å². The number of benzene rings is 1. The number of nitrogens with zero attached hydrogens (tertiary/aromatic N) is 1. The van der Waals surface area contributed by atoms with E-state index >= 15 is 0 Å². The second kappa shape index (κ2) is 10.6. The average molecular weight is 416 g/mol.